The van der Waals surface area contributed by atoms with Crippen molar-refractivity contribution in [2.45, 2.75) is 13.0 Å². The van der Waals surface area contributed by atoms with Crippen LogP contribution in [0.3, 0.4) is 0 Å². The molecule has 0 aromatic carbocycles. The Kier molecular flexibility index (Phi) is 4.57. The van der Waals surface area contributed by atoms with E-state index < -0.39 is 0 Å². The molecular formula is C15H21N5O. The standard InChI is InChI=1S/C15H21N5O/c1-19-12-18-7-15(19)9-20-2-3-21-10-14(8-20)4-13-5-16-11-17-6-13/h5-7,11-12,14H,2-4,8-10H2,1H3/t14-/m0/s1. The van der Waals surface area contributed by atoms with E-state index in [0.29, 0.717) is 5.92 Å². The number of aryl methyl sites for hydroxylation is 1. The summed E-state index contributed by atoms with van der Waals surface area (Å²) in [7, 11) is 2.04. The number of hydrogen-bond donors (Lipinski definition) is 0. The van der Waals surface area contributed by atoms with E-state index in [1.807, 2.05) is 32.0 Å². The fourth-order valence-electron chi connectivity index (χ4n) is 2.75. The lowest BCUT2D eigenvalue weighted by atomic mass is 10.0. The normalized spacial score (nSPS) is 20.3. The minimum atomic E-state index is 0.478. The molecule has 1 saturated heterocycles. The van der Waals surface area contributed by atoms with E-state index in [1.54, 1.807) is 6.33 Å². The van der Waals surface area contributed by atoms with Gasteiger partial charge in [0.05, 0.1) is 25.2 Å². The van der Waals surface area contributed by atoms with Gasteiger partial charge in [0.2, 0.25) is 0 Å². The predicted molar refractivity (Wildman–Crippen MR) is 78.5 cm³/mol. The summed E-state index contributed by atoms with van der Waals surface area (Å²) in [5.74, 6) is 0.478. The SMILES string of the molecule is Cn1cncc1CN1CCOC[C@@H](Cc2cncnc2)C1. The Balaban J connectivity index is 1.62. The second-order valence-electron chi connectivity index (χ2n) is 5.62. The summed E-state index contributed by atoms with van der Waals surface area (Å²) in [4.78, 5) is 14.8. The molecule has 0 spiro atoms. The Hall–Kier alpha value is -1.79. The third kappa shape index (κ3) is 3.86. The van der Waals surface area contributed by atoms with E-state index in [0.717, 1.165) is 39.3 Å². The Morgan fingerprint density at radius 2 is 2.10 bits per heavy atom. The molecule has 3 heterocycles. The number of imidazole rings is 1. The fraction of sp³-hybridized carbons (Fsp3) is 0.533. The van der Waals surface area contributed by atoms with Crippen LogP contribution in [0.4, 0.5) is 0 Å². The molecule has 1 atom stereocenters. The molecule has 2 aromatic heterocycles. The lowest BCUT2D eigenvalue weighted by Gasteiger charge is -2.23. The number of ether oxygens (including phenoxy) is 1. The first-order valence-corrected chi connectivity index (χ1v) is 7.30. The van der Waals surface area contributed by atoms with Crippen molar-refractivity contribution in [2.75, 3.05) is 26.3 Å². The molecule has 0 aliphatic carbocycles. The first-order chi connectivity index (χ1) is 10.3. The largest absolute Gasteiger partial charge is 0.380 e. The highest BCUT2D eigenvalue weighted by atomic mass is 16.5. The molecule has 6 nitrogen and oxygen atoms in total. The summed E-state index contributed by atoms with van der Waals surface area (Å²) in [5.41, 5.74) is 2.41. The van der Waals surface area contributed by atoms with Gasteiger partial charge in [0.1, 0.15) is 6.33 Å². The van der Waals surface area contributed by atoms with Gasteiger partial charge in [-0.1, -0.05) is 0 Å². The maximum Gasteiger partial charge on any atom is 0.115 e. The quantitative estimate of drug-likeness (QED) is 0.836. The molecule has 0 N–H and O–H groups in total. The predicted octanol–water partition coefficient (Wildman–Crippen LogP) is 0.901. The molecule has 0 bridgehead atoms. The maximum absolute atomic E-state index is 5.75. The lowest BCUT2D eigenvalue weighted by molar-refractivity contribution is 0.121. The number of hydrogen-bond acceptors (Lipinski definition) is 5. The highest BCUT2D eigenvalue weighted by Crippen LogP contribution is 2.15. The lowest BCUT2D eigenvalue weighted by Crippen LogP contribution is -2.31. The Bertz CT molecular complexity index is 556. The van der Waals surface area contributed by atoms with E-state index in [4.69, 9.17) is 4.74 Å². The molecule has 0 saturated carbocycles. The van der Waals surface area contributed by atoms with Gasteiger partial charge in [0.25, 0.3) is 0 Å². The van der Waals surface area contributed by atoms with Crippen LogP contribution in [0.1, 0.15) is 11.3 Å². The van der Waals surface area contributed by atoms with Crippen LogP contribution in [0.15, 0.2) is 31.2 Å². The molecule has 0 unspecified atom stereocenters. The van der Waals surface area contributed by atoms with Crippen molar-refractivity contribution in [3.63, 3.8) is 0 Å². The third-order valence-corrected chi connectivity index (χ3v) is 3.86. The second-order valence-corrected chi connectivity index (χ2v) is 5.62. The van der Waals surface area contributed by atoms with Crippen molar-refractivity contribution in [3.05, 3.63) is 42.5 Å². The monoisotopic (exact) mass is 287 g/mol. The van der Waals surface area contributed by atoms with Crippen LogP contribution in [-0.2, 0) is 24.8 Å². The molecule has 0 radical (unpaired) electrons. The van der Waals surface area contributed by atoms with E-state index in [9.17, 15) is 0 Å². The van der Waals surface area contributed by atoms with Crippen molar-refractivity contribution < 1.29 is 4.74 Å². The topological polar surface area (TPSA) is 56.1 Å². The fourth-order valence-corrected chi connectivity index (χ4v) is 2.75. The average molecular weight is 287 g/mol. The van der Waals surface area contributed by atoms with Crippen molar-refractivity contribution in [1.82, 2.24) is 24.4 Å². The van der Waals surface area contributed by atoms with Gasteiger partial charge in [0.15, 0.2) is 0 Å². The van der Waals surface area contributed by atoms with Gasteiger partial charge in [-0.05, 0) is 17.9 Å². The van der Waals surface area contributed by atoms with Gasteiger partial charge < -0.3 is 9.30 Å². The summed E-state index contributed by atoms with van der Waals surface area (Å²) in [6, 6.07) is 0. The summed E-state index contributed by atoms with van der Waals surface area (Å²) in [5, 5.41) is 0. The van der Waals surface area contributed by atoms with Crippen LogP contribution < -0.4 is 0 Å². The Labute approximate surface area is 124 Å². The highest BCUT2D eigenvalue weighted by Gasteiger charge is 2.20. The minimum absolute atomic E-state index is 0.478. The number of aromatic nitrogens is 4. The van der Waals surface area contributed by atoms with Gasteiger partial charge in [-0.25, -0.2) is 15.0 Å². The summed E-state index contributed by atoms with van der Waals surface area (Å²) >= 11 is 0. The van der Waals surface area contributed by atoms with E-state index >= 15 is 0 Å². The van der Waals surface area contributed by atoms with E-state index in [-0.39, 0.29) is 0 Å². The first kappa shape index (κ1) is 14.2. The van der Waals surface area contributed by atoms with Crippen molar-refractivity contribution in [2.24, 2.45) is 13.0 Å². The molecule has 112 valence electrons. The van der Waals surface area contributed by atoms with E-state index in [2.05, 4.69) is 24.4 Å². The van der Waals surface area contributed by atoms with Crippen LogP contribution in [0.5, 0.6) is 0 Å². The Morgan fingerprint density at radius 1 is 1.24 bits per heavy atom. The van der Waals surface area contributed by atoms with Gasteiger partial charge >= 0.3 is 0 Å². The van der Waals surface area contributed by atoms with Crippen LogP contribution >= 0.6 is 0 Å². The third-order valence-electron chi connectivity index (χ3n) is 3.86. The molecule has 1 fully saturated rings. The summed E-state index contributed by atoms with van der Waals surface area (Å²) < 4.78 is 7.83. The van der Waals surface area contributed by atoms with Crippen molar-refractivity contribution in [3.8, 4) is 0 Å². The van der Waals surface area contributed by atoms with Gasteiger partial charge in [-0.2, -0.15) is 0 Å². The minimum Gasteiger partial charge on any atom is -0.380 e. The molecule has 1 aliphatic rings. The summed E-state index contributed by atoms with van der Waals surface area (Å²) in [6.07, 6.45) is 10.1. The van der Waals surface area contributed by atoms with Crippen molar-refractivity contribution in [1.29, 1.82) is 0 Å². The zero-order valence-electron chi connectivity index (χ0n) is 12.4. The molecular weight excluding hydrogens is 266 g/mol. The molecule has 1 aliphatic heterocycles. The van der Waals surface area contributed by atoms with Gasteiger partial charge in [-0.3, -0.25) is 4.90 Å². The zero-order valence-corrected chi connectivity index (χ0v) is 12.4. The zero-order chi connectivity index (χ0) is 14.5. The van der Waals surface area contributed by atoms with Gasteiger partial charge in [0, 0.05) is 45.3 Å². The molecule has 2 aromatic rings. The average Bonchev–Trinajstić information content (AvgIpc) is 2.76. The number of nitrogens with zero attached hydrogens (tertiary/aromatic N) is 5. The maximum atomic E-state index is 5.75. The molecule has 0 amide bonds. The highest BCUT2D eigenvalue weighted by molar-refractivity contribution is 5.04. The van der Waals surface area contributed by atoms with Crippen molar-refractivity contribution >= 4 is 0 Å². The van der Waals surface area contributed by atoms with Crippen LogP contribution in [0.25, 0.3) is 0 Å². The molecule has 6 heteroatoms. The van der Waals surface area contributed by atoms with Crippen LogP contribution in [0, 0.1) is 5.92 Å². The van der Waals surface area contributed by atoms with Gasteiger partial charge in [-0.15, -0.1) is 0 Å². The second kappa shape index (κ2) is 6.78. The smallest absolute Gasteiger partial charge is 0.115 e. The first-order valence-electron chi connectivity index (χ1n) is 7.30. The van der Waals surface area contributed by atoms with Crippen LogP contribution in [-0.4, -0.2) is 50.7 Å². The van der Waals surface area contributed by atoms with Crippen LogP contribution in [0.2, 0.25) is 0 Å². The molecule has 3 rings (SSSR count). The molecule has 21 heavy (non-hydrogen) atoms. The Morgan fingerprint density at radius 3 is 2.86 bits per heavy atom. The number of rotatable bonds is 4. The van der Waals surface area contributed by atoms with E-state index in [1.165, 1.54) is 11.3 Å². The summed E-state index contributed by atoms with van der Waals surface area (Å²) in [6.45, 7) is 4.51.